The summed E-state index contributed by atoms with van der Waals surface area (Å²) in [6, 6.07) is 13.8. The summed E-state index contributed by atoms with van der Waals surface area (Å²) < 4.78 is 5.37. The summed E-state index contributed by atoms with van der Waals surface area (Å²) in [4.78, 5) is 14.8. The molecule has 1 N–H and O–H groups in total. The van der Waals surface area contributed by atoms with Crippen LogP contribution in [0.3, 0.4) is 0 Å². The molecule has 4 heteroatoms. The summed E-state index contributed by atoms with van der Waals surface area (Å²) in [5.74, 6) is 0.720. The molecule has 2 aliphatic rings. The van der Waals surface area contributed by atoms with Gasteiger partial charge in [0.1, 0.15) is 17.5 Å². The molecule has 1 unspecified atom stereocenters. The Kier molecular flexibility index (Phi) is 2.64. The lowest BCUT2D eigenvalue weighted by Crippen LogP contribution is -2.45. The molecule has 0 spiro atoms. The van der Waals surface area contributed by atoms with E-state index in [2.05, 4.69) is 22.3 Å². The van der Waals surface area contributed by atoms with Gasteiger partial charge in [0.15, 0.2) is 0 Å². The number of methoxy groups -OCH3 is 1. The van der Waals surface area contributed by atoms with E-state index in [1.807, 2.05) is 30.3 Å². The quantitative estimate of drug-likeness (QED) is 0.873. The number of hydrogen-bond donors (Lipinski definition) is 1. The Morgan fingerprint density at radius 1 is 1.19 bits per heavy atom. The first-order valence-corrected chi connectivity index (χ1v) is 7.12. The molecule has 4 rings (SSSR count). The highest BCUT2D eigenvalue weighted by Gasteiger charge is 2.38. The van der Waals surface area contributed by atoms with Gasteiger partial charge in [-0.3, -0.25) is 4.79 Å². The molecule has 1 atom stereocenters. The van der Waals surface area contributed by atoms with Crippen LogP contribution in [0.2, 0.25) is 0 Å². The third-order valence-corrected chi connectivity index (χ3v) is 4.31. The van der Waals surface area contributed by atoms with E-state index < -0.39 is 0 Å². The molecule has 4 nitrogen and oxygen atoms in total. The highest BCUT2D eigenvalue weighted by molar-refractivity contribution is 6.06. The molecule has 2 aromatic carbocycles. The van der Waals surface area contributed by atoms with Crippen molar-refractivity contribution < 1.29 is 9.53 Å². The highest BCUT2D eigenvalue weighted by Crippen LogP contribution is 2.45. The van der Waals surface area contributed by atoms with E-state index in [1.165, 1.54) is 5.56 Å². The number of nitrogens with zero attached hydrogens (tertiary/aromatic N) is 1. The average molecular weight is 280 g/mol. The van der Waals surface area contributed by atoms with Crippen molar-refractivity contribution in [2.45, 2.75) is 12.5 Å². The number of amides is 1. The predicted molar refractivity (Wildman–Crippen MR) is 81.9 cm³/mol. The van der Waals surface area contributed by atoms with Gasteiger partial charge in [-0.1, -0.05) is 30.3 Å². The van der Waals surface area contributed by atoms with Gasteiger partial charge in [0.2, 0.25) is 0 Å². The second kappa shape index (κ2) is 4.52. The van der Waals surface area contributed by atoms with Crippen molar-refractivity contribution in [3.05, 3.63) is 53.6 Å². The fraction of sp³-hybridized carbons (Fsp3) is 0.235. The van der Waals surface area contributed by atoms with Crippen LogP contribution < -0.4 is 15.0 Å². The lowest BCUT2D eigenvalue weighted by atomic mass is 9.90. The summed E-state index contributed by atoms with van der Waals surface area (Å²) in [5, 5.41) is 3.01. The van der Waals surface area contributed by atoms with Crippen molar-refractivity contribution in [3.63, 3.8) is 0 Å². The van der Waals surface area contributed by atoms with Crippen LogP contribution in [0.4, 0.5) is 11.4 Å². The van der Waals surface area contributed by atoms with Crippen LogP contribution in [-0.2, 0) is 11.2 Å². The maximum atomic E-state index is 12.6. The Morgan fingerprint density at radius 3 is 2.90 bits per heavy atom. The maximum absolute atomic E-state index is 12.6. The lowest BCUT2D eigenvalue weighted by molar-refractivity contribution is -0.118. The largest absolute Gasteiger partial charge is 0.494 e. The van der Waals surface area contributed by atoms with Gasteiger partial charge < -0.3 is 15.0 Å². The Bertz CT molecular complexity index is 726. The Labute approximate surface area is 123 Å². The van der Waals surface area contributed by atoms with Crippen LogP contribution >= 0.6 is 0 Å². The molecule has 2 aliphatic heterocycles. The second-order valence-corrected chi connectivity index (χ2v) is 5.39. The topological polar surface area (TPSA) is 41.6 Å². The minimum Gasteiger partial charge on any atom is -0.494 e. The molecule has 106 valence electrons. The Hall–Kier alpha value is -2.49. The van der Waals surface area contributed by atoms with Crippen molar-refractivity contribution in [1.82, 2.24) is 0 Å². The number of hydrogen-bond acceptors (Lipinski definition) is 3. The zero-order valence-electron chi connectivity index (χ0n) is 11.8. The van der Waals surface area contributed by atoms with Crippen LogP contribution in [-0.4, -0.2) is 19.6 Å². The average Bonchev–Trinajstić information content (AvgIpc) is 2.54. The molecular formula is C17H16N2O2. The molecule has 0 saturated heterocycles. The van der Waals surface area contributed by atoms with Crippen LogP contribution in [0.15, 0.2) is 42.5 Å². The molecule has 1 amide bonds. The van der Waals surface area contributed by atoms with Gasteiger partial charge in [-0.2, -0.15) is 0 Å². The van der Waals surface area contributed by atoms with E-state index in [0.717, 1.165) is 29.9 Å². The van der Waals surface area contributed by atoms with Gasteiger partial charge in [-0.05, 0) is 29.7 Å². The summed E-state index contributed by atoms with van der Waals surface area (Å²) in [6.45, 7) is 0.843. The number of ether oxygens (including phenoxy) is 1. The number of fused-ring (bicyclic) bond motifs is 5. The number of anilines is 2. The fourth-order valence-corrected chi connectivity index (χ4v) is 3.36. The minimum absolute atomic E-state index is 0.0131. The summed E-state index contributed by atoms with van der Waals surface area (Å²) in [7, 11) is 1.62. The molecular weight excluding hydrogens is 264 g/mol. The second-order valence-electron chi connectivity index (χ2n) is 5.39. The molecule has 21 heavy (non-hydrogen) atoms. The van der Waals surface area contributed by atoms with Gasteiger partial charge in [-0.25, -0.2) is 0 Å². The van der Waals surface area contributed by atoms with E-state index >= 15 is 0 Å². The maximum Gasteiger partial charge on any atom is 0.251 e. The highest BCUT2D eigenvalue weighted by atomic mass is 16.5. The molecule has 2 aromatic rings. The van der Waals surface area contributed by atoms with Crippen molar-refractivity contribution in [3.8, 4) is 5.75 Å². The number of para-hydroxylation sites is 1. The van der Waals surface area contributed by atoms with Crippen LogP contribution in [0, 0.1) is 0 Å². The van der Waals surface area contributed by atoms with Crippen molar-refractivity contribution in [1.29, 1.82) is 0 Å². The van der Waals surface area contributed by atoms with Gasteiger partial charge in [0, 0.05) is 6.54 Å². The number of carbonyl (C=O) groups is 1. The zero-order valence-corrected chi connectivity index (χ0v) is 11.8. The van der Waals surface area contributed by atoms with E-state index in [-0.39, 0.29) is 11.9 Å². The number of benzene rings is 2. The first kappa shape index (κ1) is 12.3. The number of nitrogens with one attached hydrogen (secondary N) is 1. The van der Waals surface area contributed by atoms with Crippen LogP contribution in [0.1, 0.15) is 17.2 Å². The van der Waals surface area contributed by atoms with Gasteiger partial charge in [-0.15, -0.1) is 0 Å². The summed E-state index contributed by atoms with van der Waals surface area (Å²) >= 11 is 0. The normalized spacial score (nSPS) is 19.2. The number of carbonyl (C=O) groups excluding carboxylic acids is 1. The summed E-state index contributed by atoms with van der Waals surface area (Å²) in [6.07, 6.45) is 0.955. The molecule has 2 heterocycles. The molecule has 0 saturated carbocycles. The monoisotopic (exact) mass is 280 g/mol. The number of rotatable bonds is 1. The molecule has 0 radical (unpaired) electrons. The zero-order chi connectivity index (χ0) is 14.4. The van der Waals surface area contributed by atoms with E-state index in [0.29, 0.717) is 5.75 Å². The van der Waals surface area contributed by atoms with Crippen molar-refractivity contribution in [2.75, 3.05) is 23.9 Å². The van der Waals surface area contributed by atoms with Gasteiger partial charge in [0.25, 0.3) is 5.91 Å². The van der Waals surface area contributed by atoms with Crippen LogP contribution in [0.5, 0.6) is 5.75 Å². The summed E-state index contributed by atoms with van der Waals surface area (Å²) in [5.41, 5.74) is 4.18. The SMILES string of the molecule is COc1cccc2c1NC(=O)C1c3ccccc3CCN21. The van der Waals surface area contributed by atoms with E-state index in [9.17, 15) is 4.79 Å². The predicted octanol–water partition coefficient (Wildman–Crippen LogP) is 2.75. The molecule has 0 fully saturated rings. The molecule has 0 aliphatic carbocycles. The first-order valence-electron chi connectivity index (χ1n) is 7.12. The third kappa shape index (κ3) is 1.72. The van der Waals surface area contributed by atoms with Crippen molar-refractivity contribution in [2.24, 2.45) is 0 Å². The van der Waals surface area contributed by atoms with E-state index in [1.54, 1.807) is 7.11 Å². The van der Waals surface area contributed by atoms with E-state index in [4.69, 9.17) is 4.74 Å². The smallest absolute Gasteiger partial charge is 0.251 e. The van der Waals surface area contributed by atoms with Crippen LogP contribution in [0.25, 0.3) is 0 Å². The Morgan fingerprint density at radius 2 is 2.05 bits per heavy atom. The first-order chi connectivity index (χ1) is 10.3. The standard InChI is InChI=1S/C17H16N2O2/c1-21-14-8-4-7-13-15(14)18-17(20)16-12-6-3-2-5-11(12)9-10-19(13)16/h2-8,16H,9-10H2,1H3,(H,18,20). The minimum atomic E-state index is -0.241. The molecule has 0 aromatic heterocycles. The van der Waals surface area contributed by atoms with Gasteiger partial charge >= 0.3 is 0 Å². The lowest BCUT2D eigenvalue weighted by Gasteiger charge is -2.42. The molecule has 0 bridgehead atoms. The fourth-order valence-electron chi connectivity index (χ4n) is 3.36. The van der Waals surface area contributed by atoms with Gasteiger partial charge in [0.05, 0.1) is 12.8 Å². The third-order valence-electron chi connectivity index (χ3n) is 4.31. The Balaban J connectivity index is 1.88. The van der Waals surface area contributed by atoms with Crippen molar-refractivity contribution >= 4 is 17.3 Å².